The van der Waals surface area contributed by atoms with Gasteiger partial charge in [-0.3, -0.25) is 4.79 Å². The Morgan fingerprint density at radius 1 is 1.24 bits per heavy atom. The maximum atomic E-state index is 12.6. The molecule has 0 amide bonds. The highest BCUT2D eigenvalue weighted by Gasteiger charge is 2.69. The Morgan fingerprint density at radius 3 is 2.53 bits per heavy atom. The van der Waals surface area contributed by atoms with Gasteiger partial charge in [0.25, 0.3) is 0 Å². The lowest BCUT2D eigenvalue weighted by Crippen LogP contribution is -2.47. The van der Waals surface area contributed by atoms with Crippen molar-refractivity contribution in [3.8, 4) is 0 Å². The maximum Gasteiger partial charge on any atom is 0.140 e. The summed E-state index contributed by atoms with van der Waals surface area (Å²) in [5.74, 6) is 2.18. The molecule has 4 aliphatic rings. The highest BCUT2D eigenvalue weighted by molar-refractivity contribution is 8.00. The molecule has 0 aromatic heterocycles. The van der Waals surface area contributed by atoms with E-state index in [2.05, 4.69) is 25.6 Å². The van der Waals surface area contributed by atoms with E-state index in [1.54, 1.807) is 0 Å². The first kappa shape index (κ1) is 10.9. The molecule has 0 radical (unpaired) electrons. The van der Waals surface area contributed by atoms with Crippen molar-refractivity contribution in [1.29, 1.82) is 0 Å². The van der Waals surface area contributed by atoms with Gasteiger partial charge in [-0.1, -0.05) is 13.8 Å². The predicted octanol–water partition coefficient (Wildman–Crippen LogP) is 3.67. The molecule has 2 heteroatoms. The fourth-order valence-corrected chi connectivity index (χ4v) is 7.89. The summed E-state index contributed by atoms with van der Waals surface area (Å²) in [6, 6.07) is 0. The third-order valence-electron chi connectivity index (χ3n) is 6.66. The van der Waals surface area contributed by atoms with Gasteiger partial charge in [-0.2, -0.15) is 11.8 Å². The first-order valence-corrected chi connectivity index (χ1v) is 8.19. The molecule has 3 saturated carbocycles. The molecular weight excluding hydrogens is 228 g/mol. The molecule has 4 fully saturated rings. The molecule has 0 aromatic rings. The maximum absolute atomic E-state index is 12.6. The average Bonchev–Trinajstić information content (AvgIpc) is 2.98. The molecule has 94 valence electrons. The molecule has 0 aromatic carbocycles. The van der Waals surface area contributed by atoms with E-state index < -0.39 is 0 Å². The van der Waals surface area contributed by atoms with Gasteiger partial charge in [0.05, 0.1) is 0 Å². The van der Waals surface area contributed by atoms with Crippen molar-refractivity contribution in [3.63, 3.8) is 0 Å². The average molecular weight is 250 g/mol. The fraction of sp³-hybridized carbons (Fsp3) is 0.933. The number of thioether (sulfide) groups is 1. The molecule has 4 rings (SSSR count). The summed E-state index contributed by atoms with van der Waals surface area (Å²) >= 11 is 2.19. The standard InChI is InChI=1S/C15H22OS/c1-14(2)10-5-6-15(14,12(16)8-10)13-9-3-4-11(7-9)17-13/h9-11,13H,3-8H2,1-2H3/t9?,10-,11?,13?,15+/m1/s1. The van der Waals surface area contributed by atoms with Crippen LogP contribution < -0.4 is 0 Å². The van der Waals surface area contributed by atoms with Crippen molar-refractivity contribution in [2.45, 2.75) is 62.9 Å². The molecule has 3 unspecified atom stereocenters. The van der Waals surface area contributed by atoms with Gasteiger partial charge in [-0.25, -0.2) is 0 Å². The summed E-state index contributed by atoms with van der Waals surface area (Å²) < 4.78 is 0. The van der Waals surface area contributed by atoms with Gasteiger partial charge in [0.15, 0.2) is 0 Å². The zero-order valence-electron chi connectivity index (χ0n) is 10.9. The number of carbonyl (C=O) groups is 1. The Morgan fingerprint density at radius 2 is 2.06 bits per heavy atom. The summed E-state index contributed by atoms with van der Waals surface area (Å²) in [7, 11) is 0. The highest BCUT2D eigenvalue weighted by Crippen LogP contribution is 2.71. The van der Waals surface area contributed by atoms with Gasteiger partial charge in [0.2, 0.25) is 0 Å². The largest absolute Gasteiger partial charge is 0.299 e. The van der Waals surface area contributed by atoms with Crippen molar-refractivity contribution in [2.75, 3.05) is 0 Å². The third-order valence-corrected chi connectivity index (χ3v) is 8.56. The van der Waals surface area contributed by atoms with Crippen LogP contribution in [-0.4, -0.2) is 16.3 Å². The normalized spacial score (nSPS) is 54.8. The Balaban J connectivity index is 1.78. The number of hydrogen-bond donors (Lipinski definition) is 0. The smallest absolute Gasteiger partial charge is 0.140 e. The van der Waals surface area contributed by atoms with E-state index >= 15 is 0 Å². The number of ketones is 1. The van der Waals surface area contributed by atoms with Crippen molar-refractivity contribution in [2.24, 2.45) is 22.7 Å². The molecule has 4 bridgehead atoms. The van der Waals surface area contributed by atoms with Crippen LogP contribution in [0.25, 0.3) is 0 Å². The molecule has 1 heterocycles. The van der Waals surface area contributed by atoms with Gasteiger partial charge in [0, 0.05) is 22.3 Å². The van der Waals surface area contributed by atoms with E-state index in [1.165, 1.54) is 32.1 Å². The predicted molar refractivity (Wildman–Crippen MR) is 71.1 cm³/mol. The highest BCUT2D eigenvalue weighted by atomic mass is 32.2. The van der Waals surface area contributed by atoms with Crippen molar-refractivity contribution in [3.05, 3.63) is 0 Å². The van der Waals surface area contributed by atoms with Crippen LogP contribution in [0.5, 0.6) is 0 Å². The van der Waals surface area contributed by atoms with E-state index in [1.807, 2.05) is 0 Å². The Hall–Kier alpha value is 0.0200. The zero-order chi connectivity index (χ0) is 11.8. The van der Waals surface area contributed by atoms with Crippen LogP contribution in [0.1, 0.15) is 52.4 Å². The lowest BCUT2D eigenvalue weighted by Gasteiger charge is -2.44. The van der Waals surface area contributed by atoms with Crippen LogP contribution in [-0.2, 0) is 4.79 Å². The lowest BCUT2D eigenvalue weighted by atomic mass is 9.64. The van der Waals surface area contributed by atoms with E-state index in [-0.39, 0.29) is 10.8 Å². The number of Topliss-reactive ketones (excluding diaryl/α,β-unsaturated/α-hetero) is 1. The van der Waals surface area contributed by atoms with Gasteiger partial charge < -0.3 is 0 Å². The molecule has 0 N–H and O–H groups in total. The number of hydrogen-bond acceptors (Lipinski definition) is 2. The van der Waals surface area contributed by atoms with Crippen molar-refractivity contribution < 1.29 is 4.79 Å². The van der Waals surface area contributed by atoms with Crippen LogP contribution in [0.15, 0.2) is 0 Å². The van der Waals surface area contributed by atoms with Crippen LogP contribution in [0.4, 0.5) is 0 Å². The second-order valence-corrected chi connectivity index (χ2v) is 8.75. The summed E-state index contributed by atoms with van der Waals surface area (Å²) in [5.41, 5.74) is 0.356. The number of rotatable bonds is 1. The fourth-order valence-electron chi connectivity index (χ4n) is 5.59. The minimum Gasteiger partial charge on any atom is -0.299 e. The minimum atomic E-state index is 0.0716. The molecule has 5 atom stereocenters. The molecule has 3 aliphatic carbocycles. The summed E-state index contributed by atoms with van der Waals surface area (Å²) in [5, 5.41) is 1.57. The van der Waals surface area contributed by atoms with Crippen LogP contribution in [0.2, 0.25) is 0 Å². The topological polar surface area (TPSA) is 17.1 Å². The second kappa shape index (κ2) is 3.12. The van der Waals surface area contributed by atoms with E-state index in [0.717, 1.165) is 17.6 Å². The molecule has 17 heavy (non-hydrogen) atoms. The minimum absolute atomic E-state index is 0.0716. The Labute approximate surface area is 108 Å². The van der Waals surface area contributed by atoms with Crippen LogP contribution in [0, 0.1) is 22.7 Å². The SMILES string of the molecule is CC1(C)[C@@H]2CC[C@@]1(C1SC3CCC1C3)C(=O)C2. The second-order valence-electron chi connectivity index (χ2n) is 7.31. The Kier molecular flexibility index (Phi) is 2.00. The number of fused-ring (bicyclic) bond motifs is 4. The third kappa shape index (κ3) is 1.08. The zero-order valence-corrected chi connectivity index (χ0v) is 11.7. The monoisotopic (exact) mass is 250 g/mol. The summed E-state index contributed by atoms with van der Waals surface area (Å²) in [6.07, 6.45) is 7.63. The molecule has 1 saturated heterocycles. The van der Waals surface area contributed by atoms with E-state index in [0.29, 0.717) is 17.0 Å². The molecule has 1 nitrogen and oxygen atoms in total. The van der Waals surface area contributed by atoms with Crippen molar-refractivity contribution >= 4 is 17.5 Å². The molecule has 1 aliphatic heterocycles. The van der Waals surface area contributed by atoms with Gasteiger partial charge in [-0.05, 0) is 49.4 Å². The first-order valence-electron chi connectivity index (χ1n) is 7.24. The van der Waals surface area contributed by atoms with E-state index in [9.17, 15) is 4.79 Å². The van der Waals surface area contributed by atoms with Gasteiger partial charge in [0.1, 0.15) is 5.78 Å². The summed E-state index contributed by atoms with van der Waals surface area (Å²) in [6.45, 7) is 4.78. The van der Waals surface area contributed by atoms with Gasteiger partial charge in [-0.15, -0.1) is 0 Å². The quantitative estimate of drug-likeness (QED) is 0.706. The van der Waals surface area contributed by atoms with Gasteiger partial charge >= 0.3 is 0 Å². The van der Waals surface area contributed by atoms with Crippen molar-refractivity contribution in [1.82, 2.24) is 0 Å². The first-order chi connectivity index (χ1) is 8.05. The lowest BCUT2D eigenvalue weighted by molar-refractivity contribution is -0.130. The Bertz CT molecular complexity index is 388. The van der Waals surface area contributed by atoms with Crippen LogP contribution >= 0.6 is 11.8 Å². The number of carbonyl (C=O) groups excluding carboxylic acids is 1. The summed E-state index contributed by atoms with van der Waals surface area (Å²) in [4.78, 5) is 12.6. The molecular formula is C15H22OS. The van der Waals surface area contributed by atoms with E-state index in [4.69, 9.17) is 0 Å². The molecule has 0 spiro atoms. The van der Waals surface area contributed by atoms with Crippen LogP contribution in [0.3, 0.4) is 0 Å².